The van der Waals surface area contributed by atoms with Crippen molar-refractivity contribution in [3.05, 3.63) is 69.5 Å². The Kier molecular flexibility index (Phi) is 5.60. The van der Waals surface area contributed by atoms with E-state index in [2.05, 4.69) is 0 Å². The summed E-state index contributed by atoms with van der Waals surface area (Å²) in [6.45, 7) is 1.25. The minimum atomic E-state index is -1.13. The van der Waals surface area contributed by atoms with E-state index in [1.807, 2.05) is 0 Å². The maximum absolute atomic E-state index is 13.2. The van der Waals surface area contributed by atoms with Crippen LogP contribution in [0.1, 0.15) is 30.4 Å². The molecule has 7 heteroatoms. The van der Waals surface area contributed by atoms with Crippen LogP contribution in [0.4, 0.5) is 4.39 Å². The lowest BCUT2D eigenvalue weighted by atomic mass is 9.80. The number of likely N-dealkylation sites (tertiary alicyclic amines) is 1. The van der Waals surface area contributed by atoms with Crippen LogP contribution >= 0.6 is 23.2 Å². The molecule has 0 radical (unpaired) electrons. The van der Waals surface area contributed by atoms with E-state index >= 15 is 0 Å². The number of halogens is 3. The first kappa shape index (κ1) is 20.6. The third-order valence-corrected chi connectivity index (χ3v) is 6.74. The molecule has 0 saturated carbocycles. The average Bonchev–Trinajstić information content (AvgIpc) is 3.03. The zero-order valence-corrected chi connectivity index (χ0v) is 17.3. The molecule has 2 aliphatic rings. The van der Waals surface area contributed by atoms with E-state index in [0.717, 1.165) is 0 Å². The first-order valence-electron chi connectivity index (χ1n) is 9.63. The quantitative estimate of drug-likeness (QED) is 0.776. The first-order chi connectivity index (χ1) is 13.8. The Morgan fingerprint density at radius 2 is 1.72 bits per heavy atom. The SMILES string of the molecule is O=C(Cc1c(Cl)cccc1Cl)N1CCC2(CC1)C[C@](O)(c1ccc(F)cc1)CO2. The summed E-state index contributed by atoms with van der Waals surface area (Å²) >= 11 is 12.4. The van der Waals surface area contributed by atoms with Crippen molar-refractivity contribution in [2.45, 2.75) is 36.9 Å². The van der Waals surface area contributed by atoms with Crippen molar-refractivity contribution in [3.63, 3.8) is 0 Å². The number of aliphatic hydroxyl groups is 1. The summed E-state index contributed by atoms with van der Waals surface area (Å²) in [7, 11) is 0. The molecule has 2 aromatic rings. The van der Waals surface area contributed by atoms with Crippen LogP contribution in [0.25, 0.3) is 0 Å². The number of hydrogen-bond donors (Lipinski definition) is 1. The maximum Gasteiger partial charge on any atom is 0.227 e. The number of carbonyl (C=O) groups is 1. The molecule has 0 aromatic heterocycles. The number of benzene rings is 2. The zero-order valence-electron chi connectivity index (χ0n) is 15.8. The fraction of sp³-hybridized carbons (Fsp3) is 0.409. The number of ether oxygens (including phenoxy) is 1. The third-order valence-electron chi connectivity index (χ3n) is 6.03. The van der Waals surface area contributed by atoms with Gasteiger partial charge < -0.3 is 14.7 Å². The second kappa shape index (κ2) is 7.88. The number of rotatable bonds is 3. The van der Waals surface area contributed by atoms with Crippen molar-refractivity contribution in [3.8, 4) is 0 Å². The van der Waals surface area contributed by atoms with Gasteiger partial charge in [0, 0.05) is 29.6 Å². The summed E-state index contributed by atoms with van der Waals surface area (Å²) in [6.07, 6.45) is 1.87. The highest BCUT2D eigenvalue weighted by Crippen LogP contribution is 2.45. The van der Waals surface area contributed by atoms with Crippen LogP contribution in [0.5, 0.6) is 0 Å². The van der Waals surface area contributed by atoms with Crippen LogP contribution in [0.15, 0.2) is 42.5 Å². The van der Waals surface area contributed by atoms with Crippen LogP contribution in [-0.2, 0) is 21.6 Å². The van der Waals surface area contributed by atoms with Crippen LogP contribution in [0, 0.1) is 5.82 Å². The van der Waals surface area contributed by atoms with Gasteiger partial charge in [0.05, 0.1) is 18.6 Å². The Hall–Kier alpha value is -1.66. The van der Waals surface area contributed by atoms with Gasteiger partial charge in [-0.05, 0) is 48.2 Å². The lowest BCUT2D eigenvalue weighted by Crippen LogP contribution is -2.47. The number of carbonyl (C=O) groups excluding carboxylic acids is 1. The fourth-order valence-corrected chi connectivity index (χ4v) is 4.83. The fourth-order valence-electron chi connectivity index (χ4n) is 4.30. The summed E-state index contributed by atoms with van der Waals surface area (Å²) in [5.74, 6) is -0.363. The molecule has 4 nitrogen and oxygen atoms in total. The molecule has 2 aliphatic heterocycles. The van der Waals surface area contributed by atoms with E-state index < -0.39 is 11.2 Å². The van der Waals surface area contributed by atoms with Gasteiger partial charge in [-0.1, -0.05) is 41.4 Å². The van der Waals surface area contributed by atoms with Crippen LogP contribution in [0.3, 0.4) is 0 Å². The molecule has 0 bridgehead atoms. The molecule has 0 aliphatic carbocycles. The molecule has 2 aromatic carbocycles. The van der Waals surface area contributed by atoms with Gasteiger partial charge in [0.15, 0.2) is 0 Å². The van der Waals surface area contributed by atoms with Gasteiger partial charge in [-0.3, -0.25) is 4.79 Å². The average molecular weight is 438 g/mol. The standard InChI is InChI=1S/C22H22Cl2FNO3/c23-18-2-1-3-19(24)17(18)12-20(27)26-10-8-21(9-11-26)13-22(28,14-29-21)15-4-6-16(25)7-5-15/h1-7,28H,8-14H2/t22-/m1/s1. The highest BCUT2D eigenvalue weighted by Gasteiger charge is 2.50. The Morgan fingerprint density at radius 3 is 2.34 bits per heavy atom. The second-order valence-corrected chi connectivity index (χ2v) is 8.76. The topological polar surface area (TPSA) is 49.8 Å². The lowest BCUT2D eigenvalue weighted by molar-refractivity contribution is -0.135. The first-order valence-corrected chi connectivity index (χ1v) is 10.4. The minimum Gasteiger partial charge on any atom is -0.383 e. The highest BCUT2D eigenvalue weighted by atomic mass is 35.5. The van der Waals surface area contributed by atoms with Crippen LogP contribution < -0.4 is 0 Å². The summed E-state index contributed by atoms with van der Waals surface area (Å²) in [6, 6.07) is 11.1. The summed E-state index contributed by atoms with van der Waals surface area (Å²) in [4.78, 5) is 14.5. The molecular formula is C22H22Cl2FNO3. The molecule has 29 heavy (non-hydrogen) atoms. The van der Waals surface area contributed by atoms with Gasteiger partial charge in [0.2, 0.25) is 5.91 Å². The number of nitrogens with zero attached hydrogens (tertiary/aromatic N) is 1. The summed E-state index contributed by atoms with van der Waals surface area (Å²) in [5, 5.41) is 12.0. The summed E-state index contributed by atoms with van der Waals surface area (Å²) < 4.78 is 19.2. The van der Waals surface area contributed by atoms with Crippen molar-refractivity contribution in [1.82, 2.24) is 4.90 Å². The molecule has 4 rings (SSSR count). The van der Waals surface area contributed by atoms with E-state index in [1.165, 1.54) is 12.1 Å². The van der Waals surface area contributed by atoms with Crippen molar-refractivity contribution in [2.75, 3.05) is 19.7 Å². The second-order valence-electron chi connectivity index (χ2n) is 7.94. The number of piperidine rings is 1. The molecule has 2 fully saturated rings. The van der Waals surface area contributed by atoms with E-state index in [0.29, 0.717) is 53.5 Å². The van der Waals surface area contributed by atoms with E-state index in [4.69, 9.17) is 27.9 Å². The van der Waals surface area contributed by atoms with Crippen LogP contribution in [-0.4, -0.2) is 41.2 Å². The molecular weight excluding hydrogens is 416 g/mol. The minimum absolute atomic E-state index is 0.0263. The third kappa shape index (κ3) is 4.15. The molecule has 0 unspecified atom stereocenters. The normalized spacial score (nSPS) is 23.5. The highest BCUT2D eigenvalue weighted by molar-refractivity contribution is 6.36. The molecule has 2 saturated heterocycles. The van der Waals surface area contributed by atoms with Crippen molar-refractivity contribution < 1.29 is 19.0 Å². The van der Waals surface area contributed by atoms with Crippen molar-refractivity contribution >= 4 is 29.1 Å². The Balaban J connectivity index is 1.39. The van der Waals surface area contributed by atoms with Gasteiger partial charge in [-0.2, -0.15) is 0 Å². The van der Waals surface area contributed by atoms with E-state index in [-0.39, 0.29) is 24.8 Å². The predicted molar refractivity (Wildman–Crippen MR) is 110 cm³/mol. The Bertz CT molecular complexity index is 893. The largest absolute Gasteiger partial charge is 0.383 e. The molecule has 1 amide bonds. The number of amides is 1. The molecule has 1 N–H and O–H groups in total. The van der Waals surface area contributed by atoms with Crippen LogP contribution in [0.2, 0.25) is 10.0 Å². The van der Waals surface area contributed by atoms with Gasteiger partial charge in [0.25, 0.3) is 0 Å². The molecule has 1 atom stereocenters. The van der Waals surface area contributed by atoms with E-state index in [9.17, 15) is 14.3 Å². The van der Waals surface area contributed by atoms with Gasteiger partial charge in [-0.25, -0.2) is 4.39 Å². The lowest BCUT2D eigenvalue weighted by Gasteiger charge is -2.39. The monoisotopic (exact) mass is 437 g/mol. The maximum atomic E-state index is 13.2. The predicted octanol–water partition coefficient (Wildman–Crippen LogP) is 4.34. The molecule has 2 heterocycles. The van der Waals surface area contributed by atoms with Gasteiger partial charge >= 0.3 is 0 Å². The smallest absolute Gasteiger partial charge is 0.227 e. The van der Waals surface area contributed by atoms with Crippen molar-refractivity contribution in [1.29, 1.82) is 0 Å². The van der Waals surface area contributed by atoms with Gasteiger partial charge in [0.1, 0.15) is 11.4 Å². The Labute approximate surface area is 179 Å². The summed E-state index contributed by atoms with van der Waals surface area (Å²) in [5.41, 5.74) is -0.307. The van der Waals surface area contributed by atoms with E-state index in [1.54, 1.807) is 35.2 Å². The molecule has 1 spiro atoms. The zero-order chi connectivity index (χ0) is 20.6. The van der Waals surface area contributed by atoms with Gasteiger partial charge in [-0.15, -0.1) is 0 Å². The van der Waals surface area contributed by atoms with Crippen molar-refractivity contribution in [2.24, 2.45) is 0 Å². The number of hydrogen-bond acceptors (Lipinski definition) is 3. The Morgan fingerprint density at radius 1 is 1.10 bits per heavy atom. The molecule has 154 valence electrons.